The van der Waals surface area contributed by atoms with Crippen molar-refractivity contribution >= 4 is 29.8 Å². The molecule has 12 heavy (non-hydrogen) atoms. The molecule has 0 aliphatic carbocycles. The molecule has 0 aliphatic heterocycles. The van der Waals surface area contributed by atoms with Crippen LogP contribution in [0.2, 0.25) is 5.02 Å². The SMILES string of the molecule is Cl.N=C(N)c1ccc(F)cc1Cl. The molecule has 0 saturated carbocycles. The van der Waals surface area contributed by atoms with E-state index < -0.39 is 5.82 Å². The molecule has 66 valence electrons. The molecule has 0 heterocycles. The van der Waals surface area contributed by atoms with Crippen LogP contribution in [-0.2, 0) is 0 Å². The number of hydrogen-bond acceptors (Lipinski definition) is 1. The van der Waals surface area contributed by atoms with E-state index in [2.05, 4.69) is 0 Å². The fourth-order valence-corrected chi connectivity index (χ4v) is 0.977. The van der Waals surface area contributed by atoms with Gasteiger partial charge in [-0.25, -0.2) is 4.39 Å². The van der Waals surface area contributed by atoms with E-state index in [0.717, 1.165) is 6.07 Å². The van der Waals surface area contributed by atoms with E-state index in [1.54, 1.807) is 0 Å². The molecule has 0 unspecified atom stereocenters. The Bertz CT molecular complexity index is 301. The second-order valence-corrected chi connectivity index (χ2v) is 2.45. The molecule has 0 radical (unpaired) electrons. The largest absolute Gasteiger partial charge is 0.384 e. The van der Waals surface area contributed by atoms with Gasteiger partial charge in [-0.05, 0) is 18.2 Å². The van der Waals surface area contributed by atoms with Crippen molar-refractivity contribution in [2.24, 2.45) is 5.73 Å². The zero-order valence-electron chi connectivity index (χ0n) is 5.97. The van der Waals surface area contributed by atoms with Crippen LogP contribution in [0, 0.1) is 11.2 Å². The maximum absolute atomic E-state index is 12.4. The first-order chi connectivity index (χ1) is 5.11. The van der Waals surface area contributed by atoms with Crippen LogP contribution < -0.4 is 5.73 Å². The van der Waals surface area contributed by atoms with Gasteiger partial charge in [0.15, 0.2) is 0 Å². The van der Waals surface area contributed by atoms with Crippen molar-refractivity contribution in [1.29, 1.82) is 5.41 Å². The topological polar surface area (TPSA) is 49.9 Å². The minimum absolute atomic E-state index is 0. The highest BCUT2D eigenvalue weighted by Gasteiger charge is 2.02. The summed E-state index contributed by atoms with van der Waals surface area (Å²) in [5.41, 5.74) is 5.50. The molecular weight excluding hydrogens is 202 g/mol. The summed E-state index contributed by atoms with van der Waals surface area (Å²) >= 11 is 5.56. The van der Waals surface area contributed by atoms with Crippen molar-refractivity contribution in [3.63, 3.8) is 0 Å². The lowest BCUT2D eigenvalue weighted by atomic mass is 10.2. The lowest BCUT2D eigenvalue weighted by molar-refractivity contribution is 0.628. The van der Waals surface area contributed by atoms with Crippen molar-refractivity contribution in [2.75, 3.05) is 0 Å². The standard InChI is InChI=1S/C7H6ClFN2.ClH/c8-6-3-4(9)1-2-5(6)7(10)11;/h1-3H,(H3,10,11);1H. The number of nitrogens with two attached hydrogens (primary N) is 1. The van der Waals surface area contributed by atoms with Crippen LogP contribution in [0.1, 0.15) is 5.56 Å². The molecule has 0 atom stereocenters. The Morgan fingerprint density at radius 3 is 2.50 bits per heavy atom. The third-order valence-corrected chi connectivity index (χ3v) is 1.53. The minimum atomic E-state index is -0.431. The first kappa shape index (κ1) is 11.2. The monoisotopic (exact) mass is 208 g/mol. The summed E-state index contributed by atoms with van der Waals surface area (Å²) in [6.07, 6.45) is 0. The van der Waals surface area contributed by atoms with Gasteiger partial charge >= 0.3 is 0 Å². The molecule has 0 spiro atoms. The Labute approximate surface area is 80.4 Å². The number of rotatable bonds is 1. The van der Waals surface area contributed by atoms with Gasteiger partial charge in [0.2, 0.25) is 0 Å². The average Bonchev–Trinajstić information content (AvgIpc) is 1.85. The van der Waals surface area contributed by atoms with Crippen molar-refractivity contribution in [2.45, 2.75) is 0 Å². The van der Waals surface area contributed by atoms with E-state index in [9.17, 15) is 4.39 Å². The summed E-state index contributed by atoms with van der Waals surface area (Å²) in [6.45, 7) is 0. The Hall–Kier alpha value is -0.800. The van der Waals surface area contributed by atoms with E-state index in [1.165, 1.54) is 12.1 Å². The quantitative estimate of drug-likeness (QED) is 0.540. The van der Waals surface area contributed by atoms with Gasteiger partial charge < -0.3 is 5.73 Å². The molecule has 5 heteroatoms. The number of hydrogen-bond donors (Lipinski definition) is 2. The van der Waals surface area contributed by atoms with E-state index in [4.69, 9.17) is 22.7 Å². The van der Waals surface area contributed by atoms with E-state index >= 15 is 0 Å². The van der Waals surface area contributed by atoms with Gasteiger partial charge in [0.25, 0.3) is 0 Å². The number of nitrogen functional groups attached to an aromatic ring is 1. The number of amidine groups is 1. The van der Waals surface area contributed by atoms with Crippen molar-refractivity contribution < 1.29 is 4.39 Å². The maximum Gasteiger partial charge on any atom is 0.124 e. The second-order valence-electron chi connectivity index (χ2n) is 2.04. The molecule has 1 rings (SSSR count). The normalized spacial score (nSPS) is 8.83. The molecule has 0 aliphatic rings. The first-order valence-corrected chi connectivity index (χ1v) is 3.28. The summed E-state index contributed by atoms with van der Waals surface area (Å²) in [6, 6.07) is 3.71. The van der Waals surface area contributed by atoms with Crippen LogP contribution in [-0.4, -0.2) is 5.84 Å². The number of benzene rings is 1. The molecule has 1 aromatic rings. The van der Waals surface area contributed by atoms with Crippen molar-refractivity contribution in [1.82, 2.24) is 0 Å². The Morgan fingerprint density at radius 2 is 2.08 bits per heavy atom. The van der Waals surface area contributed by atoms with Crippen molar-refractivity contribution in [3.05, 3.63) is 34.6 Å². The molecule has 0 bridgehead atoms. The summed E-state index contributed by atoms with van der Waals surface area (Å²) in [5.74, 6) is -0.588. The van der Waals surface area contributed by atoms with E-state index in [1.807, 2.05) is 0 Å². The minimum Gasteiger partial charge on any atom is -0.384 e. The molecular formula is C7H7Cl2FN2. The Kier molecular flexibility index (Phi) is 4.00. The molecule has 0 fully saturated rings. The fraction of sp³-hybridized carbons (Fsp3) is 0. The predicted molar refractivity (Wildman–Crippen MR) is 49.7 cm³/mol. The van der Waals surface area contributed by atoms with Gasteiger partial charge in [-0.2, -0.15) is 0 Å². The highest BCUT2D eigenvalue weighted by atomic mass is 35.5. The van der Waals surface area contributed by atoms with Crippen LogP contribution in [0.5, 0.6) is 0 Å². The predicted octanol–water partition coefficient (Wildman–Crippen LogP) is 2.18. The fourth-order valence-electron chi connectivity index (χ4n) is 0.708. The smallest absolute Gasteiger partial charge is 0.124 e. The summed E-state index contributed by atoms with van der Waals surface area (Å²) in [5, 5.41) is 7.18. The van der Waals surface area contributed by atoms with E-state index in [-0.39, 0.29) is 23.3 Å². The maximum atomic E-state index is 12.4. The first-order valence-electron chi connectivity index (χ1n) is 2.90. The van der Waals surface area contributed by atoms with Gasteiger partial charge in [0, 0.05) is 5.56 Å². The third-order valence-electron chi connectivity index (χ3n) is 1.22. The Morgan fingerprint density at radius 1 is 1.50 bits per heavy atom. The summed E-state index contributed by atoms with van der Waals surface area (Å²) < 4.78 is 12.4. The zero-order chi connectivity index (χ0) is 8.43. The average molecular weight is 209 g/mol. The molecule has 1 aromatic carbocycles. The lowest BCUT2D eigenvalue weighted by Crippen LogP contribution is -2.11. The lowest BCUT2D eigenvalue weighted by Gasteiger charge is -1.99. The van der Waals surface area contributed by atoms with E-state index in [0.29, 0.717) is 5.56 Å². The molecule has 2 nitrogen and oxygen atoms in total. The molecule has 3 N–H and O–H groups in total. The number of halogens is 3. The van der Waals surface area contributed by atoms with Crippen LogP contribution in [0.3, 0.4) is 0 Å². The zero-order valence-corrected chi connectivity index (χ0v) is 7.55. The Balaban J connectivity index is 0.00000121. The van der Waals surface area contributed by atoms with Gasteiger partial charge in [-0.3, -0.25) is 5.41 Å². The molecule has 0 amide bonds. The van der Waals surface area contributed by atoms with Crippen LogP contribution in [0.15, 0.2) is 18.2 Å². The van der Waals surface area contributed by atoms with Crippen LogP contribution >= 0.6 is 24.0 Å². The van der Waals surface area contributed by atoms with Gasteiger partial charge in [0.1, 0.15) is 11.7 Å². The highest BCUT2D eigenvalue weighted by Crippen LogP contribution is 2.15. The third kappa shape index (κ3) is 2.36. The highest BCUT2D eigenvalue weighted by molar-refractivity contribution is 6.33. The molecule has 0 saturated heterocycles. The van der Waals surface area contributed by atoms with Crippen molar-refractivity contribution in [3.8, 4) is 0 Å². The van der Waals surface area contributed by atoms with Crippen LogP contribution in [0.25, 0.3) is 0 Å². The van der Waals surface area contributed by atoms with Crippen LogP contribution in [0.4, 0.5) is 4.39 Å². The van der Waals surface area contributed by atoms with Gasteiger partial charge in [0.05, 0.1) is 5.02 Å². The summed E-state index contributed by atoms with van der Waals surface area (Å²) in [7, 11) is 0. The molecule has 0 aromatic heterocycles. The summed E-state index contributed by atoms with van der Waals surface area (Å²) in [4.78, 5) is 0. The van der Waals surface area contributed by atoms with Gasteiger partial charge in [-0.1, -0.05) is 11.6 Å². The van der Waals surface area contributed by atoms with Gasteiger partial charge in [-0.15, -0.1) is 12.4 Å². The number of nitrogens with one attached hydrogen (secondary N) is 1. The second kappa shape index (κ2) is 4.28.